The van der Waals surface area contributed by atoms with Crippen LogP contribution in [0.2, 0.25) is 0 Å². The molecule has 1 aromatic heterocycles. The lowest BCUT2D eigenvalue weighted by Crippen LogP contribution is -2.22. The quantitative estimate of drug-likeness (QED) is 0.884. The lowest BCUT2D eigenvalue weighted by molar-refractivity contribution is 0.138. The van der Waals surface area contributed by atoms with Crippen LogP contribution in [0.25, 0.3) is 0 Å². The average Bonchev–Trinajstić information content (AvgIpc) is 2.82. The van der Waals surface area contributed by atoms with Gasteiger partial charge in [-0.25, -0.2) is 13.2 Å². The molecule has 0 saturated heterocycles. The van der Waals surface area contributed by atoms with Crippen LogP contribution in [-0.2, 0) is 13.1 Å². The average molecular weight is 297 g/mol. The molecule has 3 nitrogen and oxygen atoms in total. The second-order valence-electron chi connectivity index (χ2n) is 5.18. The van der Waals surface area contributed by atoms with E-state index in [9.17, 15) is 13.2 Å². The number of nitrogens with one attached hydrogen (secondary N) is 1. The van der Waals surface area contributed by atoms with Gasteiger partial charge >= 0.3 is 0 Å². The molecular formula is C15H18F3N3. The van der Waals surface area contributed by atoms with Crippen molar-refractivity contribution in [3.63, 3.8) is 0 Å². The van der Waals surface area contributed by atoms with Crippen LogP contribution in [0.5, 0.6) is 0 Å². The molecule has 6 heteroatoms. The number of hydrogen-bond acceptors (Lipinski definition) is 2. The number of hydrogen-bond donors (Lipinski definition) is 1. The summed E-state index contributed by atoms with van der Waals surface area (Å²) >= 11 is 0. The van der Waals surface area contributed by atoms with E-state index in [0.29, 0.717) is 12.1 Å². The van der Waals surface area contributed by atoms with Crippen LogP contribution in [0.15, 0.2) is 30.5 Å². The molecule has 114 valence electrons. The third kappa shape index (κ3) is 4.07. The van der Waals surface area contributed by atoms with Gasteiger partial charge in [0.15, 0.2) is 0 Å². The van der Waals surface area contributed by atoms with Gasteiger partial charge in [0.05, 0.1) is 12.7 Å². The molecular weight excluding hydrogens is 279 g/mol. The number of rotatable bonds is 6. The number of nitrogens with zero attached hydrogens (tertiary/aromatic N) is 2. The van der Waals surface area contributed by atoms with Crippen molar-refractivity contribution in [1.29, 1.82) is 0 Å². The second-order valence-corrected chi connectivity index (χ2v) is 5.18. The summed E-state index contributed by atoms with van der Waals surface area (Å²) in [6.07, 6.45) is -1.14. The molecule has 1 heterocycles. The molecule has 0 aliphatic carbocycles. The summed E-state index contributed by atoms with van der Waals surface area (Å²) < 4.78 is 40.7. The third-order valence-electron chi connectivity index (χ3n) is 3.11. The lowest BCUT2D eigenvalue weighted by atomic mass is 10.2. The Morgan fingerprint density at radius 3 is 2.43 bits per heavy atom. The fraction of sp³-hybridized carbons (Fsp3) is 0.400. The van der Waals surface area contributed by atoms with Gasteiger partial charge in [-0.3, -0.25) is 4.68 Å². The van der Waals surface area contributed by atoms with E-state index in [0.717, 1.165) is 5.56 Å². The van der Waals surface area contributed by atoms with Crippen molar-refractivity contribution in [3.8, 4) is 0 Å². The molecule has 0 atom stereocenters. The van der Waals surface area contributed by atoms with Crippen LogP contribution in [-0.4, -0.2) is 15.8 Å². The Bertz CT molecular complexity index is 576. The zero-order valence-corrected chi connectivity index (χ0v) is 12.0. The first-order chi connectivity index (χ1) is 9.97. The molecule has 0 unspecified atom stereocenters. The van der Waals surface area contributed by atoms with Gasteiger partial charge in [0.2, 0.25) is 0 Å². The predicted molar refractivity (Wildman–Crippen MR) is 74.7 cm³/mol. The molecule has 0 bridgehead atoms. The smallest absolute Gasteiger partial charge is 0.280 e. The molecule has 0 aliphatic heterocycles. The molecule has 0 radical (unpaired) electrons. The molecule has 0 saturated carbocycles. The van der Waals surface area contributed by atoms with Crippen LogP contribution >= 0.6 is 0 Å². The molecule has 0 spiro atoms. The molecule has 1 N–H and O–H groups in total. The number of halogens is 3. The molecule has 21 heavy (non-hydrogen) atoms. The first-order valence-electron chi connectivity index (χ1n) is 6.78. The van der Waals surface area contributed by atoms with Gasteiger partial charge in [0.25, 0.3) is 6.43 Å². The molecule has 0 amide bonds. The molecule has 2 aromatic rings. The van der Waals surface area contributed by atoms with E-state index < -0.39 is 6.43 Å². The highest BCUT2D eigenvalue weighted by atomic mass is 19.3. The summed E-state index contributed by atoms with van der Waals surface area (Å²) in [5.41, 5.74) is 1.12. The fourth-order valence-electron chi connectivity index (χ4n) is 2.03. The monoisotopic (exact) mass is 297 g/mol. The maximum Gasteiger partial charge on any atom is 0.280 e. The molecule has 0 fully saturated rings. The first kappa shape index (κ1) is 15.6. The van der Waals surface area contributed by atoms with Gasteiger partial charge < -0.3 is 5.32 Å². The summed E-state index contributed by atoms with van der Waals surface area (Å²) in [5, 5.41) is 7.14. The standard InChI is InChI=1S/C15H18F3N3/c1-10(2)19-7-12-8-20-21(14(12)15(17)18)9-11-3-5-13(16)6-4-11/h3-6,8,10,15,19H,7,9H2,1-2H3. The predicted octanol–water partition coefficient (Wildman–Crippen LogP) is 3.51. The minimum absolute atomic E-state index is 0.0903. The summed E-state index contributed by atoms with van der Waals surface area (Å²) in [7, 11) is 0. The van der Waals surface area contributed by atoms with Crippen LogP contribution in [0.3, 0.4) is 0 Å². The van der Waals surface area contributed by atoms with Gasteiger partial charge in [0, 0.05) is 18.2 Å². The van der Waals surface area contributed by atoms with E-state index >= 15 is 0 Å². The summed E-state index contributed by atoms with van der Waals surface area (Å²) in [6, 6.07) is 5.96. The van der Waals surface area contributed by atoms with E-state index in [1.54, 1.807) is 12.1 Å². The van der Waals surface area contributed by atoms with E-state index in [1.807, 2.05) is 13.8 Å². The van der Waals surface area contributed by atoms with E-state index in [-0.39, 0.29) is 24.1 Å². The van der Waals surface area contributed by atoms with Crippen LogP contribution < -0.4 is 5.32 Å². The summed E-state index contributed by atoms with van der Waals surface area (Å²) in [4.78, 5) is 0. The summed E-state index contributed by atoms with van der Waals surface area (Å²) in [5.74, 6) is -0.352. The SMILES string of the molecule is CC(C)NCc1cnn(Cc2ccc(F)cc2)c1C(F)F. The lowest BCUT2D eigenvalue weighted by Gasteiger charge is -2.11. The van der Waals surface area contributed by atoms with Gasteiger partial charge in [0.1, 0.15) is 11.5 Å². The van der Waals surface area contributed by atoms with Gasteiger partial charge in [-0.15, -0.1) is 0 Å². The third-order valence-corrected chi connectivity index (χ3v) is 3.11. The normalized spacial score (nSPS) is 11.6. The second kappa shape index (κ2) is 6.76. The van der Waals surface area contributed by atoms with Crippen molar-refractivity contribution in [1.82, 2.24) is 15.1 Å². The highest BCUT2D eigenvalue weighted by Crippen LogP contribution is 2.24. The first-order valence-corrected chi connectivity index (χ1v) is 6.78. The van der Waals surface area contributed by atoms with Crippen molar-refractivity contribution >= 4 is 0 Å². The van der Waals surface area contributed by atoms with Crippen molar-refractivity contribution < 1.29 is 13.2 Å². The maximum absolute atomic E-state index is 13.3. The molecule has 1 aromatic carbocycles. The minimum atomic E-state index is -2.60. The van der Waals surface area contributed by atoms with Gasteiger partial charge in [-0.2, -0.15) is 5.10 Å². The molecule has 0 aliphatic rings. The Labute approximate surface area is 121 Å². The number of alkyl halides is 2. The minimum Gasteiger partial charge on any atom is -0.310 e. The number of benzene rings is 1. The Balaban J connectivity index is 2.20. The van der Waals surface area contributed by atoms with Crippen molar-refractivity contribution in [2.45, 2.75) is 39.4 Å². The van der Waals surface area contributed by atoms with Crippen molar-refractivity contribution in [2.75, 3.05) is 0 Å². The van der Waals surface area contributed by atoms with E-state index in [4.69, 9.17) is 0 Å². The summed E-state index contributed by atoms with van der Waals surface area (Å²) in [6.45, 7) is 4.44. The van der Waals surface area contributed by atoms with Crippen molar-refractivity contribution in [2.24, 2.45) is 0 Å². The van der Waals surface area contributed by atoms with Crippen molar-refractivity contribution in [3.05, 3.63) is 53.1 Å². The van der Waals surface area contributed by atoms with Crippen LogP contribution in [0, 0.1) is 5.82 Å². The number of aromatic nitrogens is 2. The van der Waals surface area contributed by atoms with Crippen LogP contribution in [0.4, 0.5) is 13.2 Å². The zero-order valence-electron chi connectivity index (χ0n) is 12.0. The Morgan fingerprint density at radius 1 is 1.19 bits per heavy atom. The fourth-order valence-corrected chi connectivity index (χ4v) is 2.03. The Hall–Kier alpha value is -1.82. The highest BCUT2D eigenvalue weighted by Gasteiger charge is 2.20. The highest BCUT2D eigenvalue weighted by molar-refractivity contribution is 5.22. The van der Waals surface area contributed by atoms with E-state index in [2.05, 4.69) is 10.4 Å². The molecule has 2 rings (SSSR count). The Morgan fingerprint density at radius 2 is 1.86 bits per heavy atom. The van der Waals surface area contributed by atoms with Gasteiger partial charge in [-0.1, -0.05) is 26.0 Å². The topological polar surface area (TPSA) is 29.9 Å². The van der Waals surface area contributed by atoms with Crippen LogP contribution in [0.1, 0.15) is 37.1 Å². The largest absolute Gasteiger partial charge is 0.310 e. The zero-order chi connectivity index (χ0) is 15.4. The van der Waals surface area contributed by atoms with Gasteiger partial charge in [-0.05, 0) is 17.7 Å². The van der Waals surface area contributed by atoms with E-state index in [1.165, 1.54) is 23.0 Å². The maximum atomic E-state index is 13.3. The Kier molecular flexibility index (Phi) is 5.01.